The van der Waals surface area contributed by atoms with Crippen LogP contribution >= 0.6 is 0 Å². The molecule has 1 fully saturated rings. The number of benzene rings is 1. The van der Waals surface area contributed by atoms with Gasteiger partial charge in [-0.15, -0.1) is 0 Å². The minimum Gasteiger partial charge on any atom is -0.394 e. The highest BCUT2D eigenvalue weighted by Gasteiger charge is 2.25. The van der Waals surface area contributed by atoms with Crippen molar-refractivity contribution in [3.8, 4) is 0 Å². The number of aromatic amines is 2. The van der Waals surface area contributed by atoms with Crippen molar-refractivity contribution in [2.75, 3.05) is 6.61 Å². The second kappa shape index (κ2) is 7.96. The number of nitrogens with one attached hydrogen (secondary N) is 3. The number of amides is 1. The van der Waals surface area contributed by atoms with E-state index in [-0.39, 0.29) is 18.6 Å². The molecule has 3 aromatic rings. The number of fused-ring (bicyclic) bond motifs is 1. The van der Waals surface area contributed by atoms with Crippen LogP contribution in [0.15, 0.2) is 36.7 Å². The molecule has 1 saturated carbocycles. The van der Waals surface area contributed by atoms with E-state index in [1.165, 1.54) is 19.3 Å². The zero-order valence-electron chi connectivity index (χ0n) is 15.4. The zero-order valence-corrected chi connectivity index (χ0v) is 15.4. The highest BCUT2D eigenvalue weighted by molar-refractivity contribution is 5.95. The maximum absolute atomic E-state index is 12.8. The number of nitrogens with zero attached hydrogens (tertiary/aromatic N) is 1. The van der Waals surface area contributed by atoms with Crippen molar-refractivity contribution in [3.05, 3.63) is 53.5 Å². The number of aromatic nitrogens is 3. The average Bonchev–Trinajstić information content (AvgIpc) is 3.36. The third kappa shape index (κ3) is 3.76. The molecule has 1 atom stereocenters. The first-order valence-corrected chi connectivity index (χ1v) is 9.76. The van der Waals surface area contributed by atoms with Gasteiger partial charge in [-0.2, -0.15) is 5.10 Å². The second-order valence-electron chi connectivity index (χ2n) is 7.45. The van der Waals surface area contributed by atoms with Crippen LogP contribution in [0.3, 0.4) is 0 Å². The molecule has 0 aliphatic heterocycles. The lowest BCUT2D eigenvalue weighted by Gasteiger charge is -2.22. The van der Waals surface area contributed by atoms with Crippen LogP contribution in [-0.2, 0) is 6.42 Å². The molecule has 0 spiro atoms. The number of hydrogen-bond donors (Lipinski definition) is 4. The maximum atomic E-state index is 12.8. The van der Waals surface area contributed by atoms with Gasteiger partial charge >= 0.3 is 0 Å². The molecule has 2 aromatic heterocycles. The largest absolute Gasteiger partial charge is 0.394 e. The Kier molecular flexibility index (Phi) is 5.25. The first kappa shape index (κ1) is 17.8. The minimum atomic E-state index is -0.342. The summed E-state index contributed by atoms with van der Waals surface area (Å²) in [6, 6.07) is 7.71. The molecule has 1 aliphatic carbocycles. The number of rotatable bonds is 6. The van der Waals surface area contributed by atoms with Crippen molar-refractivity contribution < 1.29 is 9.90 Å². The van der Waals surface area contributed by atoms with Gasteiger partial charge in [-0.05, 0) is 30.9 Å². The predicted octanol–water partition coefficient (Wildman–Crippen LogP) is 3.27. The standard InChI is InChI=1S/C21H26N4O2/c26-13-16(10-15-11-22-19-9-5-4-8-17(15)19)24-21(27)18-12-23-25-20(18)14-6-2-1-3-7-14/h4-5,8-9,11-12,14,16,22,26H,1-3,6-7,10,13H2,(H,23,25)(H,24,27)/t16-/m0/s1. The van der Waals surface area contributed by atoms with Crippen molar-refractivity contribution in [3.63, 3.8) is 0 Å². The highest BCUT2D eigenvalue weighted by atomic mass is 16.3. The van der Waals surface area contributed by atoms with Gasteiger partial charge < -0.3 is 15.4 Å². The van der Waals surface area contributed by atoms with E-state index in [0.717, 1.165) is 35.0 Å². The molecule has 0 unspecified atom stereocenters. The number of para-hydroxylation sites is 1. The average molecular weight is 366 g/mol. The Morgan fingerprint density at radius 3 is 2.89 bits per heavy atom. The van der Waals surface area contributed by atoms with E-state index in [0.29, 0.717) is 17.9 Å². The van der Waals surface area contributed by atoms with Crippen LogP contribution in [0.2, 0.25) is 0 Å². The van der Waals surface area contributed by atoms with Crippen molar-refractivity contribution >= 4 is 16.8 Å². The number of H-pyrrole nitrogens is 2. The topological polar surface area (TPSA) is 93.8 Å². The summed E-state index contributed by atoms with van der Waals surface area (Å²) in [5.74, 6) is 0.214. The Labute approximate surface area is 158 Å². The number of carbonyl (C=O) groups excluding carboxylic acids is 1. The molecular formula is C21H26N4O2. The molecule has 1 amide bonds. The Morgan fingerprint density at radius 2 is 2.07 bits per heavy atom. The van der Waals surface area contributed by atoms with Gasteiger partial charge in [0.25, 0.3) is 5.91 Å². The number of aliphatic hydroxyl groups is 1. The van der Waals surface area contributed by atoms with Crippen molar-refractivity contribution in [1.29, 1.82) is 0 Å². The first-order valence-electron chi connectivity index (χ1n) is 9.76. The Balaban J connectivity index is 1.47. The van der Waals surface area contributed by atoms with Crippen molar-refractivity contribution in [2.24, 2.45) is 0 Å². The van der Waals surface area contributed by atoms with Crippen LogP contribution in [0.5, 0.6) is 0 Å². The Bertz CT molecular complexity index is 908. The van der Waals surface area contributed by atoms with E-state index >= 15 is 0 Å². The smallest absolute Gasteiger partial charge is 0.255 e. The monoisotopic (exact) mass is 366 g/mol. The van der Waals surface area contributed by atoms with Crippen LogP contribution in [-0.4, -0.2) is 38.8 Å². The minimum absolute atomic E-state index is 0.109. The van der Waals surface area contributed by atoms with Crippen molar-refractivity contribution in [1.82, 2.24) is 20.5 Å². The summed E-state index contributed by atoms with van der Waals surface area (Å²) >= 11 is 0. The molecule has 2 heterocycles. The van der Waals surface area contributed by atoms with Gasteiger partial charge in [-0.3, -0.25) is 9.89 Å². The molecule has 27 heavy (non-hydrogen) atoms. The van der Waals surface area contributed by atoms with Crippen LogP contribution in [0, 0.1) is 0 Å². The van der Waals surface area contributed by atoms with E-state index in [2.05, 4.69) is 26.6 Å². The van der Waals surface area contributed by atoms with Crippen molar-refractivity contribution in [2.45, 2.75) is 50.5 Å². The number of carbonyl (C=O) groups is 1. The SMILES string of the molecule is O=C(N[C@H](CO)Cc1c[nH]c2ccccc12)c1cn[nH]c1C1CCCCC1. The first-order chi connectivity index (χ1) is 13.3. The lowest BCUT2D eigenvalue weighted by atomic mass is 9.85. The fraction of sp³-hybridized carbons (Fsp3) is 0.429. The molecule has 1 aliphatic rings. The van der Waals surface area contributed by atoms with Gasteiger partial charge in [0.05, 0.1) is 30.1 Å². The van der Waals surface area contributed by atoms with Gasteiger partial charge in [0.1, 0.15) is 0 Å². The van der Waals surface area contributed by atoms with E-state index in [9.17, 15) is 9.90 Å². The molecule has 142 valence electrons. The molecule has 4 rings (SSSR count). The summed E-state index contributed by atoms with van der Waals surface area (Å²) in [5.41, 5.74) is 3.70. The fourth-order valence-electron chi connectivity index (χ4n) is 4.17. The van der Waals surface area contributed by atoms with Gasteiger partial charge in [-0.25, -0.2) is 0 Å². The van der Waals surface area contributed by atoms with Crippen LogP contribution in [0.4, 0.5) is 0 Å². The van der Waals surface area contributed by atoms with Gasteiger partial charge in [0.15, 0.2) is 0 Å². The lowest BCUT2D eigenvalue weighted by Crippen LogP contribution is -2.39. The summed E-state index contributed by atoms with van der Waals surface area (Å²) < 4.78 is 0. The molecule has 4 N–H and O–H groups in total. The summed E-state index contributed by atoms with van der Waals surface area (Å²) in [6.07, 6.45) is 9.99. The second-order valence-corrected chi connectivity index (χ2v) is 7.45. The Hall–Kier alpha value is -2.60. The Morgan fingerprint density at radius 1 is 1.26 bits per heavy atom. The maximum Gasteiger partial charge on any atom is 0.255 e. The van der Waals surface area contributed by atoms with Gasteiger partial charge in [0.2, 0.25) is 0 Å². The van der Waals surface area contributed by atoms with Crippen LogP contribution < -0.4 is 5.32 Å². The summed E-state index contributed by atoms with van der Waals surface area (Å²) in [6.45, 7) is -0.109. The summed E-state index contributed by atoms with van der Waals surface area (Å²) in [4.78, 5) is 16.1. The summed E-state index contributed by atoms with van der Waals surface area (Å²) in [5, 5.41) is 21.1. The molecule has 1 aromatic carbocycles. The van der Waals surface area contributed by atoms with E-state index in [4.69, 9.17) is 0 Å². The molecule has 0 radical (unpaired) electrons. The highest BCUT2D eigenvalue weighted by Crippen LogP contribution is 2.33. The summed E-state index contributed by atoms with van der Waals surface area (Å²) in [7, 11) is 0. The third-order valence-corrected chi connectivity index (χ3v) is 5.62. The number of aliphatic hydroxyl groups excluding tert-OH is 1. The fourth-order valence-corrected chi connectivity index (χ4v) is 4.17. The quantitative estimate of drug-likeness (QED) is 0.539. The molecule has 0 saturated heterocycles. The van der Waals surface area contributed by atoms with Gasteiger partial charge in [0, 0.05) is 23.0 Å². The normalized spacial score (nSPS) is 16.5. The van der Waals surface area contributed by atoms with Gasteiger partial charge in [-0.1, -0.05) is 37.5 Å². The third-order valence-electron chi connectivity index (χ3n) is 5.62. The zero-order chi connectivity index (χ0) is 18.6. The molecule has 0 bridgehead atoms. The van der Waals surface area contributed by atoms with E-state index in [1.54, 1.807) is 6.20 Å². The van der Waals surface area contributed by atoms with Crippen LogP contribution in [0.25, 0.3) is 10.9 Å². The van der Waals surface area contributed by atoms with E-state index < -0.39 is 0 Å². The predicted molar refractivity (Wildman–Crippen MR) is 105 cm³/mol. The van der Waals surface area contributed by atoms with E-state index in [1.807, 2.05) is 24.4 Å². The molecule has 6 nitrogen and oxygen atoms in total. The molecule has 6 heteroatoms. The molecular weight excluding hydrogens is 340 g/mol. The van der Waals surface area contributed by atoms with Crippen LogP contribution in [0.1, 0.15) is 59.6 Å². The lowest BCUT2D eigenvalue weighted by molar-refractivity contribution is 0.0915. The number of hydrogen-bond acceptors (Lipinski definition) is 3.